The fourth-order valence-electron chi connectivity index (χ4n) is 2.50. The van der Waals surface area contributed by atoms with E-state index < -0.39 is 0 Å². The topological polar surface area (TPSA) is 21.1 Å². The molecule has 1 aliphatic rings. The average molecular weight is 245 g/mol. The van der Waals surface area contributed by atoms with E-state index in [9.17, 15) is 4.39 Å². The molecular formula is C14H16FN3. The molecule has 18 heavy (non-hydrogen) atoms. The first kappa shape index (κ1) is 11.4. The molecular weight excluding hydrogens is 229 g/mol. The van der Waals surface area contributed by atoms with Crippen LogP contribution in [0, 0.1) is 5.82 Å². The molecule has 0 N–H and O–H groups in total. The molecule has 1 atom stereocenters. The van der Waals surface area contributed by atoms with Gasteiger partial charge in [-0.05, 0) is 24.6 Å². The van der Waals surface area contributed by atoms with Crippen LogP contribution in [-0.2, 0) is 13.1 Å². The van der Waals surface area contributed by atoms with E-state index in [1.807, 2.05) is 18.5 Å². The van der Waals surface area contributed by atoms with Crippen LogP contribution in [0.15, 0.2) is 36.7 Å². The molecule has 94 valence electrons. The number of fused-ring (bicyclic) bond motifs is 1. The molecule has 2 heterocycles. The number of nitrogens with zero attached hydrogens (tertiary/aromatic N) is 3. The Morgan fingerprint density at radius 1 is 1.33 bits per heavy atom. The quantitative estimate of drug-likeness (QED) is 0.811. The highest BCUT2D eigenvalue weighted by molar-refractivity contribution is 5.20. The van der Waals surface area contributed by atoms with Crippen LogP contribution in [0.2, 0.25) is 0 Å². The van der Waals surface area contributed by atoms with Crippen molar-refractivity contribution < 1.29 is 4.39 Å². The van der Waals surface area contributed by atoms with Crippen LogP contribution in [0.5, 0.6) is 0 Å². The zero-order chi connectivity index (χ0) is 12.5. The predicted molar refractivity (Wildman–Crippen MR) is 67.5 cm³/mol. The van der Waals surface area contributed by atoms with E-state index in [0.717, 1.165) is 31.0 Å². The van der Waals surface area contributed by atoms with Crippen molar-refractivity contribution in [2.24, 2.45) is 0 Å². The van der Waals surface area contributed by atoms with Gasteiger partial charge in [0.05, 0.1) is 6.54 Å². The van der Waals surface area contributed by atoms with Crippen LogP contribution in [0.3, 0.4) is 0 Å². The molecule has 2 aromatic rings. The summed E-state index contributed by atoms with van der Waals surface area (Å²) in [6.45, 7) is 4.87. The Kier molecular flexibility index (Phi) is 2.88. The molecule has 0 saturated carbocycles. The minimum atomic E-state index is -0.169. The lowest BCUT2D eigenvalue weighted by atomic mass is 10.1. The first-order valence-electron chi connectivity index (χ1n) is 6.23. The lowest BCUT2D eigenvalue weighted by Gasteiger charge is -2.33. The van der Waals surface area contributed by atoms with E-state index >= 15 is 0 Å². The van der Waals surface area contributed by atoms with Crippen molar-refractivity contribution in [1.82, 2.24) is 14.5 Å². The fraction of sp³-hybridized carbons (Fsp3) is 0.357. The minimum absolute atomic E-state index is 0.169. The van der Waals surface area contributed by atoms with Gasteiger partial charge in [-0.25, -0.2) is 9.37 Å². The molecule has 0 amide bonds. The van der Waals surface area contributed by atoms with Gasteiger partial charge in [0.15, 0.2) is 0 Å². The Bertz CT molecular complexity index is 549. The summed E-state index contributed by atoms with van der Waals surface area (Å²) in [7, 11) is 0. The molecule has 4 heteroatoms. The monoisotopic (exact) mass is 245 g/mol. The van der Waals surface area contributed by atoms with Crippen LogP contribution < -0.4 is 0 Å². The van der Waals surface area contributed by atoms with Gasteiger partial charge >= 0.3 is 0 Å². The normalized spacial score (nSPS) is 17.4. The van der Waals surface area contributed by atoms with E-state index in [0.29, 0.717) is 0 Å². The van der Waals surface area contributed by atoms with Crippen molar-refractivity contribution in [2.45, 2.75) is 26.1 Å². The second-order valence-electron chi connectivity index (χ2n) is 4.74. The molecule has 1 aromatic carbocycles. The zero-order valence-electron chi connectivity index (χ0n) is 10.4. The molecule has 0 saturated heterocycles. The molecule has 0 bridgehead atoms. The number of benzene rings is 1. The predicted octanol–water partition coefficient (Wildman–Crippen LogP) is 2.60. The van der Waals surface area contributed by atoms with E-state index in [1.54, 1.807) is 12.1 Å². The van der Waals surface area contributed by atoms with Gasteiger partial charge in [-0.15, -0.1) is 0 Å². The Hall–Kier alpha value is -1.68. The molecule has 3 rings (SSSR count). The summed E-state index contributed by atoms with van der Waals surface area (Å²) in [4.78, 5) is 6.68. The molecule has 1 aromatic heterocycles. The lowest BCUT2D eigenvalue weighted by Crippen LogP contribution is -2.35. The first-order chi connectivity index (χ1) is 8.74. The third-order valence-electron chi connectivity index (χ3n) is 3.65. The van der Waals surface area contributed by atoms with Gasteiger partial charge in [-0.3, -0.25) is 4.90 Å². The molecule has 1 unspecified atom stereocenters. The van der Waals surface area contributed by atoms with Crippen LogP contribution in [-0.4, -0.2) is 21.0 Å². The summed E-state index contributed by atoms with van der Waals surface area (Å²) in [6.07, 6.45) is 3.85. The van der Waals surface area contributed by atoms with E-state index in [2.05, 4.69) is 21.4 Å². The minimum Gasteiger partial charge on any atom is -0.333 e. The van der Waals surface area contributed by atoms with Crippen LogP contribution in [0.4, 0.5) is 4.39 Å². The molecule has 0 spiro atoms. The maximum atomic E-state index is 13.2. The third-order valence-corrected chi connectivity index (χ3v) is 3.65. The zero-order valence-corrected chi connectivity index (χ0v) is 10.4. The largest absolute Gasteiger partial charge is 0.333 e. The van der Waals surface area contributed by atoms with Gasteiger partial charge < -0.3 is 4.57 Å². The Labute approximate surface area is 106 Å². The van der Waals surface area contributed by atoms with Crippen LogP contribution >= 0.6 is 0 Å². The smallest absolute Gasteiger partial charge is 0.123 e. The molecule has 0 aliphatic carbocycles. The van der Waals surface area contributed by atoms with E-state index in [4.69, 9.17) is 0 Å². The van der Waals surface area contributed by atoms with Gasteiger partial charge in [-0.1, -0.05) is 12.1 Å². The van der Waals surface area contributed by atoms with Crippen molar-refractivity contribution in [1.29, 1.82) is 0 Å². The fourth-order valence-corrected chi connectivity index (χ4v) is 2.50. The number of imidazole rings is 1. The van der Waals surface area contributed by atoms with Crippen molar-refractivity contribution in [3.8, 4) is 0 Å². The van der Waals surface area contributed by atoms with Gasteiger partial charge in [-0.2, -0.15) is 0 Å². The Balaban J connectivity index is 1.80. The summed E-state index contributed by atoms with van der Waals surface area (Å²) in [5.74, 6) is 0.919. The second kappa shape index (κ2) is 4.53. The van der Waals surface area contributed by atoms with Gasteiger partial charge in [0.25, 0.3) is 0 Å². The van der Waals surface area contributed by atoms with E-state index in [1.165, 1.54) is 6.07 Å². The van der Waals surface area contributed by atoms with Crippen molar-refractivity contribution in [3.05, 3.63) is 53.9 Å². The Morgan fingerprint density at radius 3 is 3.06 bits per heavy atom. The van der Waals surface area contributed by atoms with Crippen molar-refractivity contribution in [2.75, 3.05) is 6.54 Å². The number of aromatic nitrogens is 2. The standard InChI is InChI=1S/C14H16FN3/c1-11(12-3-2-4-13(15)9-12)18-8-7-17-6-5-16-14(17)10-18/h2-6,9,11H,7-8,10H2,1H3. The van der Waals surface area contributed by atoms with Crippen LogP contribution in [0.1, 0.15) is 24.4 Å². The van der Waals surface area contributed by atoms with Crippen LogP contribution in [0.25, 0.3) is 0 Å². The number of hydrogen-bond donors (Lipinski definition) is 0. The van der Waals surface area contributed by atoms with Crippen molar-refractivity contribution >= 4 is 0 Å². The number of hydrogen-bond acceptors (Lipinski definition) is 2. The maximum Gasteiger partial charge on any atom is 0.123 e. The highest BCUT2D eigenvalue weighted by atomic mass is 19.1. The summed E-state index contributed by atoms with van der Waals surface area (Å²) in [5, 5.41) is 0. The lowest BCUT2D eigenvalue weighted by molar-refractivity contribution is 0.163. The summed E-state index contributed by atoms with van der Waals surface area (Å²) in [6, 6.07) is 7.07. The summed E-state index contributed by atoms with van der Waals surface area (Å²) in [5.41, 5.74) is 1.02. The number of rotatable bonds is 2. The second-order valence-corrected chi connectivity index (χ2v) is 4.74. The first-order valence-corrected chi connectivity index (χ1v) is 6.23. The van der Waals surface area contributed by atoms with Gasteiger partial charge in [0.1, 0.15) is 11.6 Å². The molecule has 0 radical (unpaired) electrons. The molecule has 0 fully saturated rings. The SMILES string of the molecule is CC(c1cccc(F)c1)N1CCn2ccnc2C1. The summed E-state index contributed by atoms with van der Waals surface area (Å²) < 4.78 is 15.4. The van der Waals surface area contributed by atoms with E-state index in [-0.39, 0.29) is 11.9 Å². The third kappa shape index (κ3) is 2.04. The average Bonchev–Trinajstić information content (AvgIpc) is 2.85. The summed E-state index contributed by atoms with van der Waals surface area (Å²) >= 11 is 0. The number of halogens is 1. The molecule has 3 nitrogen and oxygen atoms in total. The highest BCUT2D eigenvalue weighted by Gasteiger charge is 2.22. The highest BCUT2D eigenvalue weighted by Crippen LogP contribution is 2.24. The van der Waals surface area contributed by atoms with Gasteiger partial charge in [0, 0.05) is 31.5 Å². The molecule has 1 aliphatic heterocycles. The van der Waals surface area contributed by atoms with Crippen molar-refractivity contribution in [3.63, 3.8) is 0 Å². The van der Waals surface area contributed by atoms with Gasteiger partial charge in [0.2, 0.25) is 0 Å². The maximum absolute atomic E-state index is 13.2. The Morgan fingerprint density at radius 2 is 2.22 bits per heavy atom.